The van der Waals surface area contributed by atoms with Gasteiger partial charge in [-0.05, 0) is 62.9 Å². The zero-order chi connectivity index (χ0) is 17.8. The first-order chi connectivity index (χ1) is 12.0. The van der Waals surface area contributed by atoms with Gasteiger partial charge in [-0.25, -0.2) is 4.79 Å². The van der Waals surface area contributed by atoms with Gasteiger partial charge in [0.25, 0.3) is 0 Å². The third-order valence-electron chi connectivity index (χ3n) is 4.75. The van der Waals surface area contributed by atoms with E-state index in [1.165, 1.54) is 11.3 Å². The number of hydrogen-bond donors (Lipinski definition) is 2. The van der Waals surface area contributed by atoms with Crippen molar-refractivity contribution in [2.24, 2.45) is 0 Å². The topological polar surface area (TPSA) is 55.3 Å². The zero-order valence-corrected chi connectivity index (χ0v) is 15.3. The first kappa shape index (κ1) is 17.5. The highest BCUT2D eigenvalue weighted by atomic mass is 16.5. The molecule has 134 valence electrons. The number of nitrogens with zero attached hydrogens (tertiary/aromatic N) is 1. The molecule has 1 atom stereocenters. The fourth-order valence-corrected chi connectivity index (χ4v) is 3.42. The lowest BCUT2D eigenvalue weighted by molar-refractivity contribution is 0.111. The van der Waals surface area contributed by atoms with Crippen LogP contribution in [0.15, 0.2) is 30.3 Å². The molecule has 0 radical (unpaired) electrons. The van der Waals surface area contributed by atoms with Gasteiger partial charge in [-0.1, -0.05) is 12.1 Å². The predicted molar refractivity (Wildman–Crippen MR) is 99.2 cm³/mol. The summed E-state index contributed by atoms with van der Waals surface area (Å²) in [4.78, 5) is 12.0. The average molecular weight is 341 g/mol. The van der Waals surface area contributed by atoms with Crippen molar-refractivity contribution in [3.05, 3.63) is 52.8 Å². The normalized spacial score (nSPS) is 16.8. The highest BCUT2D eigenvalue weighted by Crippen LogP contribution is 2.21. The molecule has 0 spiro atoms. The van der Waals surface area contributed by atoms with Gasteiger partial charge in [0.2, 0.25) is 0 Å². The Bertz CT molecular complexity index is 745. The lowest BCUT2D eigenvalue weighted by Gasteiger charge is -2.12. The molecule has 0 unspecified atom stereocenters. The van der Waals surface area contributed by atoms with Gasteiger partial charge in [0.15, 0.2) is 0 Å². The van der Waals surface area contributed by atoms with E-state index in [0.29, 0.717) is 13.1 Å². The number of nitrogens with one attached hydrogen (secondary N) is 2. The van der Waals surface area contributed by atoms with Crippen LogP contribution in [0.4, 0.5) is 4.79 Å². The third kappa shape index (κ3) is 4.23. The van der Waals surface area contributed by atoms with E-state index in [4.69, 9.17) is 4.74 Å². The van der Waals surface area contributed by atoms with Gasteiger partial charge in [0.05, 0.1) is 6.10 Å². The molecule has 0 saturated carbocycles. The molecular formula is C20H27N3O2. The third-order valence-corrected chi connectivity index (χ3v) is 4.75. The van der Waals surface area contributed by atoms with Crippen LogP contribution in [-0.4, -0.2) is 29.9 Å². The Morgan fingerprint density at radius 2 is 2.08 bits per heavy atom. The molecule has 0 aliphatic carbocycles. The number of carbonyl (C=O) groups is 1. The second-order valence-corrected chi connectivity index (χ2v) is 6.77. The van der Waals surface area contributed by atoms with Gasteiger partial charge >= 0.3 is 6.03 Å². The van der Waals surface area contributed by atoms with Gasteiger partial charge in [0.1, 0.15) is 0 Å². The maximum atomic E-state index is 12.0. The number of carbonyl (C=O) groups excluding carboxylic acids is 1. The molecule has 3 rings (SSSR count). The molecule has 1 aliphatic heterocycles. The summed E-state index contributed by atoms with van der Waals surface area (Å²) in [5.74, 6) is 0. The number of aryl methyl sites for hydroxylation is 2. The van der Waals surface area contributed by atoms with Crippen molar-refractivity contribution in [2.45, 2.75) is 46.3 Å². The van der Waals surface area contributed by atoms with Crippen LogP contribution in [0.3, 0.4) is 0 Å². The number of aromatic nitrogens is 1. The lowest BCUT2D eigenvalue weighted by Crippen LogP contribution is -2.39. The smallest absolute Gasteiger partial charge is 0.315 e. The van der Waals surface area contributed by atoms with E-state index in [1.807, 2.05) is 0 Å². The van der Waals surface area contributed by atoms with E-state index in [0.717, 1.165) is 36.4 Å². The summed E-state index contributed by atoms with van der Waals surface area (Å²) in [6.07, 6.45) is 2.27. The number of hydrogen-bond acceptors (Lipinski definition) is 2. The lowest BCUT2D eigenvalue weighted by atomic mass is 10.2. The molecular weight excluding hydrogens is 314 g/mol. The van der Waals surface area contributed by atoms with E-state index in [2.05, 4.69) is 66.3 Å². The van der Waals surface area contributed by atoms with Crippen LogP contribution in [0.25, 0.3) is 5.69 Å². The first-order valence-electron chi connectivity index (χ1n) is 8.93. The van der Waals surface area contributed by atoms with Gasteiger partial charge in [-0.2, -0.15) is 0 Å². The standard InChI is InChI=1S/C20H27N3O2/c1-14-6-4-7-18(10-14)23-15(2)11-17(16(23)3)12-21-20(24)22-13-19-8-5-9-25-19/h4,6-7,10-11,19H,5,8-9,12-13H2,1-3H3,(H2,21,22,24)/t19-/m0/s1. The Morgan fingerprint density at radius 1 is 1.24 bits per heavy atom. The zero-order valence-electron chi connectivity index (χ0n) is 15.3. The minimum atomic E-state index is -0.143. The molecule has 25 heavy (non-hydrogen) atoms. The molecule has 5 heteroatoms. The minimum absolute atomic E-state index is 0.143. The molecule has 1 fully saturated rings. The first-order valence-corrected chi connectivity index (χ1v) is 8.93. The van der Waals surface area contributed by atoms with Crippen LogP contribution < -0.4 is 10.6 Å². The van der Waals surface area contributed by atoms with Gasteiger partial charge < -0.3 is 19.9 Å². The van der Waals surface area contributed by atoms with Crippen molar-refractivity contribution < 1.29 is 9.53 Å². The maximum Gasteiger partial charge on any atom is 0.315 e. The second kappa shape index (κ2) is 7.74. The monoisotopic (exact) mass is 341 g/mol. The highest BCUT2D eigenvalue weighted by Gasteiger charge is 2.16. The average Bonchev–Trinajstić information content (AvgIpc) is 3.19. The van der Waals surface area contributed by atoms with Crippen LogP contribution in [-0.2, 0) is 11.3 Å². The Kier molecular flexibility index (Phi) is 5.43. The minimum Gasteiger partial charge on any atom is -0.376 e. The summed E-state index contributed by atoms with van der Waals surface area (Å²) in [5, 5.41) is 5.84. The Labute approximate surface area is 149 Å². The van der Waals surface area contributed by atoms with Crippen LogP contribution in [0.5, 0.6) is 0 Å². The summed E-state index contributed by atoms with van der Waals surface area (Å²) < 4.78 is 7.75. The van der Waals surface area contributed by atoms with Crippen molar-refractivity contribution in [3.63, 3.8) is 0 Å². The number of rotatable bonds is 5. The van der Waals surface area contributed by atoms with Gasteiger partial charge in [-0.15, -0.1) is 0 Å². The molecule has 2 N–H and O–H groups in total. The summed E-state index contributed by atoms with van der Waals surface area (Å²) in [6.45, 7) is 8.18. The van der Waals surface area contributed by atoms with Crippen molar-refractivity contribution in [1.29, 1.82) is 0 Å². The van der Waals surface area contributed by atoms with Crippen LogP contribution >= 0.6 is 0 Å². The van der Waals surface area contributed by atoms with E-state index in [-0.39, 0.29) is 12.1 Å². The summed E-state index contributed by atoms with van der Waals surface area (Å²) in [6, 6.07) is 10.4. The second-order valence-electron chi connectivity index (χ2n) is 6.77. The fourth-order valence-electron chi connectivity index (χ4n) is 3.42. The molecule has 2 aromatic rings. The molecule has 5 nitrogen and oxygen atoms in total. The van der Waals surface area contributed by atoms with Crippen LogP contribution in [0.1, 0.15) is 35.4 Å². The number of ether oxygens (including phenoxy) is 1. The molecule has 1 saturated heterocycles. The fraction of sp³-hybridized carbons (Fsp3) is 0.450. The van der Waals surface area contributed by atoms with Gasteiger partial charge in [-0.3, -0.25) is 0 Å². The summed E-state index contributed by atoms with van der Waals surface area (Å²) in [5.41, 5.74) is 5.84. The van der Waals surface area contributed by atoms with Crippen LogP contribution in [0, 0.1) is 20.8 Å². The SMILES string of the molecule is Cc1cccc(-n2c(C)cc(CNC(=O)NC[C@@H]3CCCO3)c2C)c1. The summed E-state index contributed by atoms with van der Waals surface area (Å²) in [7, 11) is 0. The molecule has 1 aromatic carbocycles. The molecule has 2 amide bonds. The van der Waals surface area contributed by atoms with Crippen molar-refractivity contribution in [1.82, 2.24) is 15.2 Å². The van der Waals surface area contributed by atoms with Crippen molar-refractivity contribution in [2.75, 3.05) is 13.2 Å². The van der Waals surface area contributed by atoms with Crippen molar-refractivity contribution in [3.8, 4) is 5.69 Å². The Morgan fingerprint density at radius 3 is 2.80 bits per heavy atom. The molecule has 1 aliphatic rings. The van der Waals surface area contributed by atoms with Crippen molar-refractivity contribution >= 4 is 6.03 Å². The van der Waals surface area contributed by atoms with E-state index < -0.39 is 0 Å². The summed E-state index contributed by atoms with van der Waals surface area (Å²) >= 11 is 0. The highest BCUT2D eigenvalue weighted by molar-refractivity contribution is 5.73. The van der Waals surface area contributed by atoms with Gasteiger partial charge in [0, 0.05) is 36.8 Å². The Balaban J connectivity index is 1.61. The number of urea groups is 1. The number of amides is 2. The maximum absolute atomic E-state index is 12.0. The quantitative estimate of drug-likeness (QED) is 0.876. The molecule has 0 bridgehead atoms. The van der Waals surface area contributed by atoms with E-state index >= 15 is 0 Å². The molecule has 1 aromatic heterocycles. The molecule has 2 heterocycles. The Hall–Kier alpha value is -2.27. The largest absolute Gasteiger partial charge is 0.376 e. The van der Waals surface area contributed by atoms with Crippen LogP contribution in [0.2, 0.25) is 0 Å². The predicted octanol–water partition coefficient (Wildman–Crippen LogP) is 3.38. The van der Waals surface area contributed by atoms with E-state index in [9.17, 15) is 4.79 Å². The van der Waals surface area contributed by atoms with E-state index in [1.54, 1.807) is 0 Å². The number of benzene rings is 1.